The fraction of sp³-hybridized carbons (Fsp3) is 0. The molecule has 128 valence electrons. The Morgan fingerprint density at radius 1 is 1.04 bits per heavy atom. The molecule has 0 aliphatic rings. The van der Waals surface area contributed by atoms with Crippen LogP contribution < -0.4 is 10.5 Å². The van der Waals surface area contributed by atoms with E-state index in [0.29, 0.717) is 44.8 Å². The minimum Gasteiger partial charge on any atom is -0.438 e. The van der Waals surface area contributed by atoms with Crippen LogP contribution in [0.25, 0.3) is 22.6 Å². The van der Waals surface area contributed by atoms with Gasteiger partial charge >= 0.3 is 0 Å². The average molecular weight is 366 g/mol. The summed E-state index contributed by atoms with van der Waals surface area (Å²) in [6.07, 6.45) is 0. The molecule has 0 bridgehead atoms. The lowest BCUT2D eigenvalue weighted by Gasteiger charge is -2.04. The molecule has 8 heteroatoms. The first kappa shape index (κ1) is 16.0. The molecule has 2 aromatic carbocycles. The van der Waals surface area contributed by atoms with Gasteiger partial charge in [-0.2, -0.15) is 0 Å². The largest absolute Gasteiger partial charge is 0.438 e. The summed E-state index contributed by atoms with van der Waals surface area (Å²) in [6, 6.07) is 15.4. The molecule has 26 heavy (non-hydrogen) atoms. The number of H-pyrrole nitrogens is 1. The summed E-state index contributed by atoms with van der Waals surface area (Å²) >= 11 is 5.84. The number of primary amides is 1. The summed E-state index contributed by atoms with van der Waals surface area (Å²) in [5.41, 5.74) is 7.64. The van der Waals surface area contributed by atoms with E-state index in [1.807, 2.05) is 0 Å². The molecule has 0 fully saturated rings. The van der Waals surface area contributed by atoms with Crippen molar-refractivity contribution >= 4 is 28.5 Å². The zero-order chi connectivity index (χ0) is 18.1. The van der Waals surface area contributed by atoms with Gasteiger partial charge in [0.05, 0.1) is 11.0 Å². The molecule has 4 aromatic rings. The van der Waals surface area contributed by atoms with Gasteiger partial charge in [-0.15, -0.1) is 10.2 Å². The van der Waals surface area contributed by atoms with Crippen molar-refractivity contribution in [3.63, 3.8) is 0 Å². The van der Waals surface area contributed by atoms with Gasteiger partial charge in [0.2, 0.25) is 11.8 Å². The van der Waals surface area contributed by atoms with Gasteiger partial charge in [-0.1, -0.05) is 11.6 Å². The number of aromatic nitrogens is 4. The minimum absolute atomic E-state index is 0.350. The van der Waals surface area contributed by atoms with E-state index in [9.17, 15) is 4.79 Å². The Hall–Kier alpha value is -3.45. The van der Waals surface area contributed by atoms with Crippen molar-refractivity contribution in [1.29, 1.82) is 0 Å². The fourth-order valence-corrected chi connectivity index (χ4v) is 2.53. The summed E-state index contributed by atoms with van der Waals surface area (Å²) in [5.74, 6) is 1.00. The van der Waals surface area contributed by atoms with Crippen LogP contribution in [0.15, 0.2) is 54.6 Å². The van der Waals surface area contributed by atoms with Gasteiger partial charge in [0.25, 0.3) is 0 Å². The lowest BCUT2D eigenvalue weighted by Crippen LogP contribution is -2.10. The fourth-order valence-electron chi connectivity index (χ4n) is 2.41. The number of halogens is 1. The van der Waals surface area contributed by atoms with Gasteiger partial charge in [-0.3, -0.25) is 4.79 Å². The SMILES string of the molecule is NC(=O)c1ccc2nc(-c3ccc(Oc4ccc(Cl)cc4)nn3)[nH]c2c1. The van der Waals surface area contributed by atoms with Crippen molar-refractivity contribution in [3.05, 3.63) is 65.2 Å². The van der Waals surface area contributed by atoms with E-state index in [0.717, 1.165) is 0 Å². The summed E-state index contributed by atoms with van der Waals surface area (Å²) < 4.78 is 5.61. The zero-order valence-electron chi connectivity index (χ0n) is 13.3. The molecule has 2 aromatic heterocycles. The van der Waals surface area contributed by atoms with Crippen LogP contribution >= 0.6 is 11.6 Å². The van der Waals surface area contributed by atoms with Gasteiger partial charge < -0.3 is 15.5 Å². The number of aromatic amines is 1. The number of nitrogens with one attached hydrogen (secondary N) is 1. The third-order valence-corrected chi connectivity index (χ3v) is 3.94. The van der Waals surface area contributed by atoms with Crippen molar-refractivity contribution in [2.45, 2.75) is 0 Å². The van der Waals surface area contributed by atoms with Crippen LogP contribution in [0, 0.1) is 0 Å². The lowest BCUT2D eigenvalue weighted by atomic mass is 10.2. The highest BCUT2D eigenvalue weighted by atomic mass is 35.5. The van der Waals surface area contributed by atoms with E-state index in [4.69, 9.17) is 22.1 Å². The molecule has 0 atom stereocenters. The summed E-state index contributed by atoms with van der Waals surface area (Å²) in [5, 5.41) is 8.81. The number of nitrogens with two attached hydrogens (primary N) is 1. The number of hydrogen-bond acceptors (Lipinski definition) is 5. The number of nitrogens with zero attached hydrogens (tertiary/aromatic N) is 3. The number of hydrogen-bond donors (Lipinski definition) is 2. The van der Waals surface area contributed by atoms with Crippen LogP contribution in [0.3, 0.4) is 0 Å². The average Bonchev–Trinajstić information content (AvgIpc) is 3.07. The third kappa shape index (κ3) is 3.20. The Morgan fingerprint density at radius 3 is 2.54 bits per heavy atom. The maximum Gasteiger partial charge on any atom is 0.248 e. The highest BCUT2D eigenvalue weighted by Crippen LogP contribution is 2.23. The van der Waals surface area contributed by atoms with E-state index in [1.165, 1.54) is 0 Å². The Morgan fingerprint density at radius 2 is 1.85 bits per heavy atom. The highest BCUT2D eigenvalue weighted by Gasteiger charge is 2.10. The summed E-state index contributed by atoms with van der Waals surface area (Å²) in [6.45, 7) is 0. The smallest absolute Gasteiger partial charge is 0.248 e. The second-order valence-corrected chi connectivity index (χ2v) is 5.93. The zero-order valence-corrected chi connectivity index (χ0v) is 14.1. The third-order valence-electron chi connectivity index (χ3n) is 3.69. The molecule has 0 unspecified atom stereocenters. The van der Waals surface area contributed by atoms with Crippen molar-refractivity contribution < 1.29 is 9.53 Å². The van der Waals surface area contributed by atoms with Crippen molar-refractivity contribution in [1.82, 2.24) is 20.2 Å². The maximum absolute atomic E-state index is 11.3. The quantitative estimate of drug-likeness (QED) is 0.575. The van der Waals surface area contributed by atoms with E-state index < -0.39 is 5.91 Å². The Labute approximate surface area is 152 Å². The first-order valence-electron chi connectivity index (χ1n) is 7.65. The molecule has 1 amide bonds. The number of benzene rings is 2. The van der Waals surface area contributed by atoms with E-state index in [1.54, 1.807) is 54.6 Å². The number of amides is 1. The lowest BCUT2D eigenvalue weighted by molar-refractivity contribution is 0.100. The molecule has 2 heterocycles. The first-order chi connectivity index (χ1) is 12.6. The molecular weight excluding hydrogens is 354 g/mol. The molecule has 7 nitrogen and oxygen atoms in total. The number of carbonyl (C=O) groups is 1. The number of imidazole rings is 1. The number of carbonyl (C=O) groups excluding carboxylic acids is 1. The maximum atomic E-state index is 11.3. The minimum atomic E-state index is -0.494. The van der Waals surface area contributed by atoms with Crippen molar-refractivity contribution in [2.24, 2.45) is 5.73 Å². The molecule has 3 N–H and O–H groups in total. The van der Waals surface area contributed by atoms with Gasteiger partial charge in [0.15, 0.2) is 5.82 Å². The van der Waals surface area contributed by atoms with E-state index >= 15 is 0 Å². The van der Waals surface area contributed by atoms with Crippen LogP contribution in [0.2, 0.25) is 5.02 Å². The molecule has 0 saturated heterocycles. The summed E-state index contributed by atoms with van der Waals surface area (Å²) in [7, 11) is 0. The number of ether oxygens (including phenoxy) is 1. The number of fused-ring (bicyclic) bond motifs is 1. The van der Waals surface area contributed by atoms with E-state index in [2.05, 4.69) is 20.2 Å². The van der Waals surface area contributed by atoms with Crippen LogP contribution in [-0.4, -0.2) is 26.1 Å². The van der Waals surface area contributed by atoms with Crippen molar-refractivity contribution in [2.75, 3.05) is 0 Å². The molecular formula is C18H12ClN5O2. The first-order valence-corrected chi connectivity index (χ1v) is 8.03. The van der Waals surface area contributed by atoms with Crippen LogP contribution in [0.5, 0.6) is 11.6 Å². The molecule has 0 radical (unpaired) electrons. The van der Waals surface area contributed by atoms with Crippen molar-refractivity contribution in [3.8, 4) is 23.1 Å². The Bertz CT molecular complexity index is 1090. The second kappa shape index (κ2) is 6.45. The number of rotatable bonds is 4. The Kier molecular flexibility index (Phi) is 3.98. The van der Waals surface area contributed by atoms with Gasteiger partial charge in [-0.25, -0.2) is 4.98 Å². The predicted octanol–water partition coefficient (Wildman–Crippen LogP) is 3.56. The van der Waals surface area contributed by atoms with Gasteiger partial charge in [0, 0.05) is 16.7 Å². The standard InChI is InChI=1S/C18H12ClN5O2/c19-11-2-4-12(5-3-11)26-16-8-7-14(23-24-16)18-21-13-6-1-10(17(20)25)9-15(13)22-18/h1-9H,(H2,20,25)(H,21,22). The normalized spacial score (nSPS) is 10.8. The summed E-state index contributed by atoms with van der Waals surface area (Å²) in [4.78, 5) is 18.8. The molecule has 0 saturated carbocycles. The Balaban J connectivity index is 1.59. The van der Waals surface area contributed by atoms with E-state index in [-0.39, 0.29) is 0 Å². The van der Waals surface area contributed by atoms with Gasteiger partial charge in [-0.05, 0) is 48.5 Å². The van der Waals surface area contributed by atoms with Gasteiger partial charge in [0.1, 0.15) is 11.4 Å². The monoisotopic (exact) mass is 365 g/mol. The molecule has 4 rings (SSSR count). The molecule has 0 aliphatic heterocycles. The van der Waals surface area contributed by atoms with Crippen LogP contribution in [-0.2, 0) is 0 Å². The highest BCUT2D eigenvalue weighted by molar-refractivity contribution is 6.30. The predicted molar refractivity (Wildman–Crippen MR) is 97.2 cm³/mol. The molecule has 0 spiro atoms. The topological polar surface area (TPSA) is 107 Å². The second-order valence-electron chi connectivity index (χ2n) is 5.49. The van der Waals surface area contributed by atoms with Crippen LogP contribution in [0.1, 0.15) is 10.4 Å². The van der Waals surface area contributed by atoms with Crippen LogP contribution in [0.4, 0.5) is 0 Å². The molecule has 0 aliphatic carbocycles.